The zero-order valence-electron chi connectivity index (χ0n) is 18.2. The molecular weight excluding hydrogens is 456 g/mol. The SMILES string of the molecule is O=C1[C@H]2[C@@H](C(=O)N1c1ccc(F)cc1)[C@@]1(N[C@@H]2Cc2ccc(O)cc2)C(=O)Nc2ccc(F)cc21. The number of amides is 3. The van der Waals surface area contributed by atoms with Crippen molar-refractivity contribution in [2.24, 2.45) is 11.8 Å². The number of hydrogen-bond acceptors (Lipinski definition) is 5. The van der Waals surface area contributed by atoms with Gasteiger partial charge in [-0.25, -0.2) is 13.7 Å². The number of imide groups is 1. The van der Waals surface area contributed by atoms with E-state index < -0.39 is 52.8 Å². The second-order valence-electron chi connectivity index (χ2n) is 9.07. The molecule has 0 aromatic heterocycles. The van der Waals surface area contributed by atoms with Gasteiger partial charge in [-0.3, -0.25) is 19.7 Å². The molecule has 176 valence electrons. The summed E-state index contributed by atoms with van der Waals surface area (Å²) in [6, 6.07) is 14.6. The van der Waals surface area contributed by atoms with Crippen LogP contribution in [0.1, 0.15) is 11.1 Å². The lowest BCUT2D eigenvalue weighted by Crippen LogP contribution is -2.53. The van der Waals surface area contributed by atoms with Crippen LogP contribution in [0.4, 0.5) is 20.2 Å². The quantitative estimate of drug-likeness (QED) is 0.506. The summed E-state index contributed by atoms with van der Waals surface area (Å²) in [5, 5.41) is 15.6. The molecule has 3 aliphatic rings. The number of anilines is 2. The van der Waals surface area contributed by atoms with Crippen molar-refractivity contribution in [2.75, 3.05) is 10.2 Å². The van der Waals surface area contributed by atoms with E-state index in [9.17, 15) is 28.3 Å². The van der Waals surface area contributed by atoms with Crippen LogP contribution in [0.5, 0.6) is 5.75 Å². The number of halogens is 2. The highest BCUT2D eigenvalue weighted by molar-refractivity contribution is 6.25. The molecule has 0 unspecified atom stereocenters. The number of phenols is 1. The Hall–Kier alpha value is -4.11. The molecule has 1 spiro atoms. The van der Waals surface area contributed by atoms with E-state index in [0.29, 0.717) is 5.69 Å². The van der Waals surface area contributed by atoms with Gasteiger partial charge in [-0.15, -0.1) is 0 Å². The zero-order valence-corrected chi connectivity index (χ0v) is 18.2. The molecule has 3 aromatic carbocycles. The number of hydrogen-bond donors (Lipinski definition) is 3. The van der Waals surface area contributed by atoms with Crippen LogP contribution in [0.2, 0.25) is 0 Å². The normalized spacial score (nSPS) is 26.9. The molecule has 2 saturated heterocycles. The monoisotopic (exact) mass is 475 g/mol. The predicted octanol–water partition coefficient (Wildman–Crippen LogP) is 2.84. The van der Waals surface area contributed by atoms with E-state index in [2.05, 4.69) is 10.6 Å². The van der Waals surface area contributed by atoms with Gasteiger partial charge >= 0.3 is 0 Å². The first-order valence-corrected chi connectivity index (χ1v) is 11.1. The Balaban J connectivity index is 1.49. The molecule has 4 atom stereocenters. The van der Waals surface area contributed by atoms with Gasteiger partial charge in [-0.2, -0.15) is 0 Å². The highest BCUT2D eigenvalue weighted by Gasteiger charge is 2.70. The van der Waals surface area contributed by atoms with Crippen LogP contribution in [0, 0.1) is 23.5 Å². The molecule has 3 aromatic rings. The first kappa shape index (κ1) is 21.4. The molecular formula is C26H19F2N3O4. The first-order chi connectivity index (χ1) is 16.8. The third-order valence-corrected chi connectivity index (χ3v) is 7.15. The minimum absolute atomic E-state index is 0.0802. The van der Waals surface area contributed by atoms with E-state index in [0.717, 1.165) is 22.6 Å². The second kappa shape index (κ2) is 7.44. The summed E-state index contributed by atoms with van der Waals surface area (Å²) in [6.45, 7) is 0. The fourth-order valence-corrected chi connectivity index (χ4v) is 5.68. The van der Waals surface area contributed by atoms with Gasteiger partial charge < -0.3 is 10.4 Å². The van der Waals surface area contributed by atoms with E-state index in [1.54, 1.807) is 12.1 Å². The second-order valence-corrected chi connectivity index (χ2v) is 9.07. The largest absolute Gasteiger partial charge is 0.508 e. The standard InChI is InChI=1S/C26H19F2N3O4/c27-14-3-6-16(7-4-14)31-23(33)21-20(11-13-1-8-17(32)9-2-13)30-26(22(21)24(31)34)18-12-15(28)5-10-19(18)29-25(26)35/h1-10,12,20-22,30,32H,11H2,(H,29,35)/t20-,21-,22+,26-/m1/s1. The number of nitrogens with zero attached hydrogens (tertiary/aromatic N) is 1. The maximum Gasteiger partial charge on any atom is 0.250 e. The Kier molecular flexibility index (Phi) is 4.56. The van der Waals surface area contributed by atoms with Gasteiger partial charge in [0.15, 0.2) is 0 Å². The molecule has 3 aliphatic heterocycles. The molecule has 6 rings (SSSR count). The van der Waals surface area contributed by atoms with Crippen molar-refractivity contribution in [3.05, 3.63) is 89.5 Å². The fraction of sp³-hybridized carbons (Fsp3) is 0.192. The van der Waals surface area contributed by atoms with Gasteiger partial charge in [-0.05, 0) is 66.6 Å². The van der Waals surface area contributed by atoms with Crippen LogP contribution in [0.15, 0.2) is 66.7 Å². The number of fused-ring (bicyclic) bond motifs is 4. The summed E-state index contributed by atoms with van der Waals surface area (Å²) in [4.78, 5) is 41.9. The Bertz CT molecular complexity index is 1390. The Morgan fingerprint density at radius 3 is 2.29 bits per heavy atom. The number of rotatable bonds is 3. The molecule has 0 saturated carbocycles. The van der Waals surface area contributed by atoms with E-state index in [4.69, 9.17) is 0 Å². The van der Waals surface area contributed by atoms with Crippen LogP contribution in [-0.2, 0) is 26.3 Å². The average Bonchev–Trinajstić information content (AvgIpc) is 3.41. The third-order valence-electron chi connectivity index (χ3n) is 7.15. The van der Waals surface area contributed by atoms with E-state index >= 15 is 0 Å². The summed E-state index contributed by atoms with van der Waals surface area (Å²) in [6.07, 6.45) is 0.275. The summed E-state index contributed by atoms with van der Waals surface area (Å²) in [5.41, 5.74) is -0.0338. The van der Waals surface area contributed by atoms with Gasteiger partial charge in [0.2, 0.25) is 17.7 Å². The lowest BCUT2D eigenvalue weighted by atomic mass is 9.76. The van der Waals surface area contributed by atoms with Crippen molar-refractivity contribution >= 4 is 29.1 Å². The predicted molar refractivity (Wildman–Crippen MR) is 121 cm³/mol. The topological polar surface area (TPSA) is 98.7 Å². The van der Waals surface area contributed by atoms with Gasteiger partial charge in [0.05, 0.1) is 17.5 Å². The van der Waals surface area contributed by atoms with Crippen molar-refractivity contribution in [3.63, 3.8) is 0 Å². The van der Waals surface area contributed by atoms with Crippen LogP contribution < -0.4 is 15.5 Å². The van der Waals surface area contributed by atoms with Crippen LogP contribution in [-0.4, -0.2) is 28.9 Å². The lowest BCUT2D eigenvalue weighted by molar-refractivity contribution is -0.130. The molecule has 35 heavy (non-hydrogen) atoms. The molecule has 9 heteroatoms. The molecule has 0 bridgehead atoms. The third kappa shape index (κ3) is 3.01. The van der Waals surface area contributed by atoms with Gasteiger partial charge in [0.1, 0.15) is 22.9 Å². The molecule has 0 radical (unpaired) electrons. The number of nitrogens with one attached hydrogen (secondary N) is 2. The van der Waals surface area contributed by atoms with E-state index in [1.807, 2.05) is 0 Å². The highest BCUT2D eigenvalue weighted by atomic mass is 19.1. The van der Waals surface area contributed by atoms with Gasteiger partial charge in [0, 0.05) is 17.3 Å². The first-order valence-electron chi connectivity index (χ1n) is 11.1. The van der Waals surface area contributed by atoms with E-state index in [1.165, 1.54) is 42.5 Å². The Morgan fingerprint density at radius 1 is 0.886 bits per heavy atom. The molecule has 3 N–H and O–H groups in total. The maximum absolute atomic E-state index is 14.3. The minimum Gasteiger partial charge on any atom is -0.508 e. The highest BCUT2D eigenvalue weighted by Crippen LogP contribution is 2.54. The summed E-state index contributed by atoms with van der Waals surface area (Å²) < 4.78 is 27.8. The molecule has 0 aliphatic carbocycles. The average molecular weight is 475 g/mol. The Morgan fingerprint density at radius 2 is 1.57 bits per heavy atom. The lowest BCUT2D eigenvalue weighted by Gasteiger charge is -2.29. The van der Waals surface area contributed by atoms with Gasteiger partial charge in [-0.1, -0.05) is 12.1 Å². The molecule has 7 nitrogen and oxygen atoms in total. The Labute approximate surface area is 198 Å². The summed E-state index contributed by atoms with van der Waals surface area (Å²) in [5.74, 6) is -4.74. The smallest absolute Gasteiger partial charge is 0.250 e. The molecule has 3 heterocycles. The zero-order chi connectivity index (χ0) is 24.5. The molecule has 2 fully saturated rings. The molecule has 3 amide bonds. The van der Waals surface area contributed by atoms with Crippen molar-refractivity contribution in [1.29, 1.82) is 0 Å². The number of carbonyl (C=O) groups is 3. The van der Waals surface area contributed by atoms with Crippen LogP contribution in [0.3, 0.4) is 0 Å². The van der Waals surface area contributed by atoms with Crippen molar-refractivity contribution in [1.82, 2.24) is 5.32 Å². The van der Waals surface area contributed by atoms with Crippen LogP contribution >= 0.6 is 0 Å². The van der Waals surface area contributed by atoms with Gasteiger partial charge in [0.25, 0.3) is 0 Å². The fourth-order valence-electron chi connectivity index (χ4n) is 5.68. The maximum atomic E-state index is 14.3. The summed E-state index contributed by atoms with van der Waals surface area (Å²) in [7, 11) is 0. The number of carbonyl (C=O) groups excluding carboxylic acids is 3. The van der Waals surface area contributed by atoms with Crippen molar-refractivity contribution < 1.29 is 28.3 Å². The minimum atomic E-state index is -1.65. The van der Waals surface area contributed by atoms with Crippen molar-refractivity contribution in [3.8, 4) is 5.75 Å². The van der Waals surface area contributed by atoms with Crippen molar-refractivity contribution in [2.45, 2.75) is 18.0 Å². The summed E-state index contributed by atoms with van der Waals surface area (Å²) >= 11 is 0. The number of benzene rings is 3. The van der Waals surface area contributed by atoms with Crippen LogP contribution in [0.25, 0.3) is 0 Å². The number of phenolic OH excluding ortho intramolecular Hbond substituents is 1. The van der Waals surface area contributed by atoms with E-state index in [-0.39, 0.29) is 23.4 Å². The number of aromatic hydroxyl groups is 1.